The van der Waals surface area contributed by atoms with Crippen molar-refractivity contribution in [3.63, 3.8) is 0 Å². The zero-order chi connectivity index (χ0) is 12.3. The molecule has 1 saturated heterocycles. The maximum Gasteiger partial charge on any atom is 0.252 e. The number of benzene rings is 1. The minimum absolute atomic E-state index is 0.162. The monoisotopic (exact) mass is 272 g/mol. The molecule has 1 aromatic rings. The Kier molecular flexibility index (Phi) is 4.28. The fourth-order valence-corrected chi connectivity index (χ4v) is 2.66. The molecule has 2 atom stereocenters. The van der Waals surface area contributed by atoms with E-state index < -0.39 is 6.10 Å². The largest absolute Gasteiger partial charge is 0.382 e. The first kappa shape index (κ1) is 12.7. The second-order valence-electron chi connectivity index (χ2n) is 3.75. The Labute approximate surface area is 109 Å². The summed E-state index contributed by atoms with van der Waals surface area (Å²) in [6.07, 6.45) is -0.946. The lowest BCUT2D eigenvalue weighted by atomic mass is 10.2. The van der Waals surface area contributed by atoms with Crippen molar-refractivity contribution in [2.45, 2.75) is 17.4 Å². The van der Waals surface area contributed by atoms with Crippen molar-refractivity contribution >= 4 is 29.3 Å². The van der Waals surface area contributed by atoms with Crippen molar-refractivity contribution in [1.29, 1.82) is 0 Å². The van der Waals surface area contributed by atoms with Gasteiger partial charge < -0.3 is 10.4 Å². The van der Waals surface area contributed by atoms with Gasteiger partial charge in [-0.2, -0.15) is 0 Å². The molecule has 1 heterocycles. The van der Waals surface area contributed by atoms with Gasteiger partial charge >= 0.3 is 0 Å². The summed E-state index contributed by atoms with van der Waals surface area (Å²) in [7, 11) is 0. The van der Waals surface area contributed by atoms with Crippen molar-refractivity contribution < 1.29 is 9.90 Å². The van der Waals surface area contributed by atoms with E-state index in [1.807, 2.05) is 24.3 Å². The normalized spacial score (nSPS) is 24.5. The molecule has 1 aromatic carbocycles. The molecule has 0 bridgehead atoms. The van der Waals surface area contributed by atoms with Gasteiger partial charge in [-0.1, -0.05) is 23.7 Å². The van der Waals surface area contributed by atoms with Crippen LogP contribution in [0.15, 0.2) is 24.3 Å². The average Bonchev–Trinajstić information content (AvgIpc) is 2.31. The highest BCUT2D eigenvalue weighted by molar-refractivity contribution is 7.99. The van der Waals surface area contributed by atoms with E-state index in [1.165, 1.54) is 0 Å². The Balaban J connectivity index is 1.84. The van der Waals surface area contributed by atoms with Crippen LogP contribution in [0.1, 0.15) is 5.56 Å². The van der Waals surface area contributed by atoms with Crippen LogP contribution in [0.2, 0.25) is 5.02 Å². The van der Waals surface area contributed by atoms with E-state index in [0.29, 0.717) is 11.6 Å². The lowest BCUT2D eigenvalue weighted by Crippen LogP contribution is -2.57. The van der Waals surface area contributed by atoms with E-state index in [0.717, 1.165) is 11.3 Å². The molecule has 0 spiro atoms. The maximum atomic E-state index is 11.2. The number of hydrogen-bond acceptors (Lipinski definition) is 4. The standard InChI is InChI=1S/C11H13ClN2O2S/c12-8-3-1-2-7(4-8)6-17-11-13-5-9(15)10(16)14-11/h1-4,9,11,13,15H,5-6H2,(H,14,16). The number of amides is 1. The minimum atomic E-state index is -0.946. The molecule has 2 unspecified atom stereocenters. The Morgan fingerprint density at radius 2 is 2.35 bits per heavy atom. The van der Waals surface area contributed by atoms with Gasteiger partial charge in [-0.15, -0.1) is 11.8 Å². The number of rotatable bonds is 3. The Morgan fingerprint density at radius 3 is 3.06 bits per heavy atom. The second kappa shape index (κ2) is 5.73. The van der Waals surface area contributed by atoms with Crippen molar-refractivity contribution in [2.24, 2.45) is 0 Å². The number of nitrogens with one attached hydrogen (secondary N) is 2. The Bertz CT molecular complexity index is 416. The second-order valence-corrected chi connectivity index (χ2v) is 5.28. The van der Waals surface area contributed by atoms with E-state index in [1.54, 1.807) is 11.8 Å². The summed E-state index contributed by atoms with van der Waals surface area (Å²) in [5.41, 5.74) is 0.939. The van der Waals surface area contributed by atoms with Gasteiger partial charge in [-0.25, -0.2) is 0 Å². The number of carbonyl (C=O) groups excluding carboxylic acids is 1. The third-order valence-electron chi connectivity index (χ3n) is 2.38. The molecule has 0 aromatic heterocycles. The highest BCUT2D eigenvalue weighted by Crippen LogP contribution is 2.19. The van der Waals surface area contributed by atoms with Gasteiger partial charge in [-0.3, -0.25) is 10.1 Å². The molecular formula is C11H13ClN2O2S. The molecule has 4 nitrogen and oxygen atoms in total. The molecule has 0 radical (unpaired) electrons. The first-order valence-electron chi connectivity index (χ1n) is 5.23. The van der Waals surface area contributed by atoms with Gasteiger partial charge in [0, 0.05) is 17.3 Å². The maximum absolute atomic E-state index is 11.2. The van der Waals surface area contributed by atoms with E-state index in [4.69, 9.17) is 11.6 Å². The molecule has 1 amide bonds. The molecule has 3 N–H and O–H groups in total. The minimum Gasteiger partial charge on any atom is -0.382 e. The van der Waals surface area contributed by atoms with Gasteiger partial charge in [0.15, 0.2) is 0 Å². The third kappa shape index (κ3) is 3.61. The van der Waals surface area contributed by atoms with Crippen LogP contribution in [-0.2, 0) is 10.5 Å². The number of aliphatic hydroxyl groups excluding tert-OH is 1. The smallest absolute Gasteiger partial charge is 0.252 e. The van der Waals surface area contributed by atoms with Crippen LogP contribution >= 0.6 is 23.4 Å². The highest BCUT2D eigenvalue weighted by atomic mass is 35.5. The fraction of sp³-hybridized carbons (Fsp3) is 0.364. The van der Waals surface area contributed by atoms with Gasteiger partial charge in [0.2, 0.25) is 0 Å². The summed E-state index contributed by atoms with van der Waals surface area (Å²) >= 11 is 7.43. The number of β-amino-alcohol motifs (C(OH)–C–C–N with tert-alkyl or cyclic N) is 1. The van der Waals surface area contributed by atoms with Crippen molar-refractivity contribution in [1.82, 2.24) is 10.6 Å². The Hall–Kier alpha value is -0.750. The van der Waals surface area contributed by atoms with Crippen LogP contribution in [0, 0.1) is 0 Å². The predicted molar refractivity (Wildman–Crippen MR) is 68.7 cm³/mol. The van der Waals surface area contributed by atoms with Crippen LogP contribution in [0.3, 0.4) is 0 Å². The van der Waals surface area contributed by atoms with Gasteiger partial charge in [0.25, 0.3) is 5.91 Å². The van der Waals surface area contributed by atoms with Crippen LogP contribution in [0.25, 0.3) is 0 Å². The predicted octanol–water partition coefficient (Wildman–Crippen LogP) is 0.937. The molecule has 6 heteroatoms. The van der Waals surface area contributed by atoms with E-state index in [-0.39, 0.29) is 11.4 Å². The topological polar surface area (TPSA) is 61.4 Å². The number of hydrogen-bond donors (Lipinski definition) is 3. The average molecular weight is 273 g/mol. The summed E-state index contributed by atoms with van der Waals surface area (Å²) in [6, 6.07) is 7.61. The van der Waals surface area contributed by atoms with Crippen LogP contribution in [-0.4, -0.2) is 29.2 Å². The summed E-state index contributed by atoms with van der Waals surface area (Å²) in [5.74, 6) is 0.418. The van der Waals surface area contributed by atoms with Gasteiger partial charge in [-0.05, 0) is 17.7 Å². The quantitative estimate of drug-likeness (QED) is 0.766. The molecule has 1 aliphatic rings. The van der Waals surface area contributed by atoms with Crippen LogP contribution < -0.4 is 10.6 Å². The first-order valence-corrected chi connectivity index (χ1v) is 6.66. The summed E-state index contributed by atoms with van der Waals surface area (Å²) in [5, 5.41) is 15.6. The highest BCUT2D eigenvalue weighted by Gasteiger charge is 2.25. The number of halogens is 1. The lowest BCUT2D eigenvalue weighted by Gasteiger charge is -2.27. The van der Waals surface area contributed by atoms with E-state index in [9.17, 15) is 9.90 Å². The number of thioether (sulfide) groups is 1. The molecule has 92 valence electrons. The van der Waals surface area contributed by atoms with Crippen molar-refractivity contribution in [3.05, 3.63) is 34.9 Å². The zero-order valence-corrected chi connectivity index (χ0v) is 10.6. The molecule has 1 aliphatic heterocycles. The van der Waals surface area contributed by atoms with Crippen molar-refractivity contribution in [3.8, 4) is 0 Å². The van der Waals surface area contributed by atoms with Gasteiger partial charge in [0.1, 0.15) is 11.6 Å². The summed E-state index contributed by atoms with van der Waals surface area (Å²) < 4.78 is 0. The first-order chi connectivity index (χ1) is 8.15. The third-order valence-corrected chi connectivity index (χ3v) is 3.73. The SMILES string of the molecule is O=C1NC(SCc2cccc(Cl)c2)NCC1O. The molecule has 1 fully saturated rings. The number of aliphatic hydroxyl groups is 1. The molecule has 0 saturated carbocycles. The zero-order valence-electron chi connectivity index (χ0n) is 9.02. The number of carbonyl (C=O) groups is 1. The Morgan fingerprint density at radius 1 is 1.53 bits per heavy atom. The molecular weight excluding hydrogens is 260 g/mol. The summed E-state index contributed by atoms with van der Waals surface area (Å²) in [6.45, 7) is 0.291. The van der Waals surface area contributed by atoms with E-state index >= 15 is 0 Å². The molecule has 2 rings (SSSR count). The van der Waals surface area contributed by atoms with Crippen LogP contribution in [0.5, 0.6) is 0 Å². The fourth-order valence-electron chi connectivity index (χ4n) is 1.49. The molecule has 0 aliphatic carbocycles. The van der Waals surface area contributed by atoms with Crippen LogP contribution in [0.4, 0.5) is 0 Å². The molecule has 17 heavy (non-hydrogen) atoms. The van der Waals surface area contributed by atoms with Gasteiger partial charge in [0.05, 0.1) is 0 Å². The summed E-state index contributed by atoms with van der Waals surface area (Å²) in [4.78, 5) is 11.2. The lowest BCUT2D eigenvalue weighted by molar-refractivity contribution is -0.131. The van der Waals surface area contributed by atoms with E-state index in [2.05, 4.69) is 10.6 Å². The van der Waals surface area contributed by atoms with Crippen molar-refractivity contribution in [2.75, 3.05) is 6.54 Å².